The Morgan fingerprint density at radius 3 is 2.40 bits per heavy atom. The van der Waals surface area contributed by atoms with Gasteiger partial charge < -0.3 is 20.9 Å². The van der Waals surface area contributed by atoms with Crippen molar-refractivity contribution in [1.82, 2.24) is 9.80 Å². The van der Waals surface area contributed by atoms with E-state index in [1.807, 2.05) is 6.07 Å². The summed E-state index contributed by atoms with van der Waals surface area (Å²) in [6.07, 6.45) is 0. The highest BCUT2D eigenvalue weighted by Gasteiger charge is 2.09. The quantitative estimate of drug-likeness (QED) is 0.746. The van der Waals surface area contributed by atoms with Crippen molar-refractivity contribution in [3.8, 4) is 0 Å². The van der Waals surface area contributed by atoms with Crippen LogP contribution < -0.4 is 11.1 Å². The van der Waals surface area contributed by atoms with Crippen molar-refractivity contribution < 1.29 is 4.79 Å². The molecule has 0 aliphatic heterocycles. The molecule has 0 aromatic heterocycles. The summed E-state index contributed by atoms with van der Waals surface area (Å²) in [5, 5.41) is 3.32. The fraction of sp³-hybridized carbons (Fsp3) is 0.533. The van der Waals surface area contributed by atoms with Gasteiger partial charge in [-0.3, -0.25) is 4.79 Å². The summed E-state index contributed by atoms with van der Waals surface area (Å²) in [6.45, 7) is 8.21. The molecule has 0 aliphatic rings. The Balaban J connectivity index is 2.62. The van der Waals surface area contributed by atoms with Crippen LogP contribution in [0.3, 0.4) is 0 Å². The first-order valence-corrected chi connectivity index (χ1v) is 7.07. The number of carbonyl (C=O) groups excluding carboxylic acids is 1. The topological polar surface area (TPSA) is 61.6 Å². The van der Waals surface area contributed by atoms with E-state index in [-0.39, 0.29) is 5.91 Å². The Bertz CT molecular complexity index is 441. The van der Waals surface area contributed by atoms with E-state index in [1.165, 1.54) is 0 Å². The van der Waals surface area contributed by atoms with Crippen LogP contribution in [0.2, 0.25) is 0 Å². The van der Waals surface area contributed by atoms with Gasteiger partial charge in [-0.15, -0.1) is 0 Å². The molecule has 1 rings (SSSR count). The van der Waals surface area contributed by atoms with Gasteiger partial charge in [0.25, 0.3) is 5.91 Å². The largest absolute Gasteiger partial charge is 0.397 e. The second-order valence-corrected chi connectivity index (χ2v) is 4.96. The molecular weight excluding hydrogens is 252 g/mol. The Morgan fingerprint density at radius 1 is 1.25 bits per heavy atom. The van der Waals surface area contributed by atoms with Crippen LogP contribution in [0.5, 0.6) is 0 Å². The summed E-state index contributed by atoms with van der Waals surface area (Å²) in [5.74, 6) is -0.0357. The van der Waals surface area contributed by atoms with Crippen LogP contribution in [-0.2, 0) is 0 Å². The first kappa shape index (κ1) is 16.3. The van der Waals surface area contributed by atoms with Crippen molar-refractivity contribution in [2.45, 2.75) is 13.8 Å². The van der Waals surface area contributed by atoms with Crippen LogP contribution in [0.15, 0.2) is 18.2 Å². The van der Waals surface area contributed by atoms with Crippen molar-refractivity contribution in [3.05, 3.63) is 23.8 Å². The molecule has 0 saturated heterocycles. The van der Waals surface area contributed by atoms with Gasteiger partial charge in [0, 0.05) is 32.7 Å². The van der Waals surface area contributed by atoms with E-state index >= 15 is 0 Å². The molecule has 0 bridgehead atoms. The lowest BCUT2D eigenvalue weighted by molar-refractivity contribution is 0.0827. The summed E-state index contributed by atoms with van der Waals surface area (Å²) in [7, 11) is 3.46. The standard InChI is InChI=1S/C15H26N4O/c1-5-19(6-2)10-9-17-14-8-7-12(11-13(14)16)15(20)18(3)4/h7-8,11,17H,5-6,9-10,16H2,1-4H3. The average molecular weight is 278 g/mol. The SMILES string of the molecule is CCN(CC)CCNc1ccc(C(=O)N(C)C)cc1N. The van der Waals surface area contributed by atoms with Crippen molar-refractivity contribution in [3.63, 3.8) is 0 Å². The van der Waals surface area contributed by atoms with Gasteiger partial charge >= 0.3 is 0 Å². The van der Waals surface area contributed by atoms with Crippen LogP contribution in [0.4, 0.5) is 11.4 Å². The summed E-state index contributed by atoms with van der Waals surface area (Å²) >= 11 is 0. The number of nitrogens with zero attached hydrogens (tertiary/aromatic N) is 2. The number of amides is 1. The van der Waals surface area contributed by atoms with E-state index in [1.54, 1.807) is 31.1 Å². The third-order valence-electron chi connectivity index (χ3n) is 3.34. The molecule has 0 spiro atoms. The van der Waals surface area contributed by atoms with Crippen molar-refractivity contribution >= 4 is 17.3 Å². The minimum atomic E-state index is -0.0357. The van der Waals surface area contributed by atoms with Crippen molar-refractivity contribution in [2.24, 2.45) is 0 Å². The van der Waals surface area contributed by atoms with E-state index in [2.05, 4.69) is 24.1 Å². The number of nitrogen functional groups attached to an aromatic ring is 1. The Labute approximate surface area is 121 Å². The molecule has 20 heavy (non-hydrogen) atoms. The number of likely N-dealkylation sites (N-methyl/N-ethyl adjacent to an activating group) is 1. The number of anilines is 2. The van der Waals surface area contributed by atoms with E-state index < -0.39 is 0 Å². The molecule has 0 unspecified atom stereocenters. The van der Waals surface area contributed by atoms with E-state index in [0.717, 1.165) is 31.9 Å². The predicted molar refractivity (Wildman–Crippen MR) is 85.1 cm³/mol. The minimum Gasteiger partial charge on any atom is -0.397 e. The van der Waals surface area contributed by atoms with Crippen molar-refractivity contribution in [1.29, 1.82) is 0 Å². The maximum absolute atomic E-state index is 11.8. The van der Waals surface area contributed by atoms with Crippen LogP contribution in [0.1, 0.15) is 24.2 Å². The summed E-state index contributed by atoms with van der Waals surface area (Å²) < 4.78 is 0. The Hall–Kier alpha value is -1.75. The molecular formula is C15H26N4O. The van der Waals surface area contributed by atoms with Crippen LogP contribution in [-0.4, -0.2) is 56.0 Å². The van der Waals surface area contributed by atoms with E-state index in [0.29, 0.717) is 11.3 Å². The molecule has 1 aromatic carbocycles. The minimum absolute atomic E-state index is 0.0357. The number of hydrogen-bond donors (Lipinski definition) is 2. The third-order valence-corrected chi connectivity index (χ3v) is 3.34. The number of nitrogens with one attached hydrogen (secondary N) is 1. The zero-order chi connectivity index (χ0) is 15.1. The monoisotopic (exact) mass is 278 g/mol. The molecule has 112 valence electrons. The van der Waals surface area contributed by atoms with Gasteiger partial charge in [-0.05, 0) is 31.3 Å². The normalized spacial score (nSPS) is 10.7. The lowest BCUT2D eigenvalue weighted by atomic mass is 10.1. The smallest absolute Gasteiger partial charge is 0.253 e. The molecule has 5 heteroatoms. The predicted octanol–water partition coefficient (Wildman–Crippen LogP) is 1.72. The molecule has 1 aromatic rings. The summed E-state index contributed by atoms with van der Waals surface area (Å²) in [6, 6.07) is 5.40. The van der Waals surface area contributed by atoms with E-state index in [4.69, 9.17) is 5.73 Å². The molecule has 0 fully saturated rings. The maximum atomic E-state index is 11.8. The fourth-order valence-electron chi connectivity index (χ4n) is 2.00. The number of rotatable bonds is 7. The zero-order valence-electron chi connectivity index (χ0n) is 12.9. The number of carbonyl (C=O) groups is 1. The molecule has 5 nitrogen and oxygen atoms in total. The first-order chi connectivity index (χ1) is 9.49. The number of nitrogens with two attached hydrogens (primary N) is 1. The molecule has 0 atom stereocenters. The second-order valence-electron chi connectivity index (χ2n) is 4.96. The Kier molecular flexibility index (Phi) is 6.31. The highest BCUT2D eigenvalue weighted by molar-refractivity contribution is 5.95. The molecule has 0 aliphatic carbocycles. The molecule has 3 N–H and O–H groups in total. The Morgan fingerprint density at radius 2 is 1.90 bits per heavy atom. The molecule has 1 amide bonds. The highest BCUT2D eigenvalue weighted by atomic mass is 16.2. The average Bonchev–Trinajstić information content (AvgIpc) is 2.44. The van der Waals surface area contributed by atoms with Gasteiger partial charge in [0.2, 0.25) is 0 Å². The van der Waals surface area contributed by atoms with Gasteiger partial charge in [-0.25, -0.2) is 0 Å². The summed E-state index contributed by atoms with van der Waals surface area (Å²) in [5.41, 5.74) is 8.10. The molecule has 0 heterocycles. The third kappa shape index (κ3) is 4.42. The lowest BCUT2D eigenvalue weighted by Crippen LogP contribution is -2.28. The lowest BCUT2D eigenvalue weighted by Gasteiger charge is -2.19. The molecule has 0 saturated carbocycles. The van der Waals surface area contributed by atoms with Crippen LogP contribution in [0, 0.1) is 0 Å². The van der Waals surface area contributed by atoms with Gasteiger partial charge in [0.15, 0.2) is 0 Å². The van der Waals surface area contributed by atoms with Crippen LogP contribution >= 0.6 is 0 Å². The maximum Gasteiger partial charge on any atom is 0.253 e. The van der Waals surface area contributed by atoms with Gasteiger partial charge in [0.1, 0.15) is 0 Å². The van der Waals surface area contributed by atoms with Gasteiger partial charge in [-0.2, -0.15) is 0 Å². The van der Waals surface area contributed by atoms with E-state index in [9.17, 15) is 4.79 Å². The van der Waals surface area contributed by atoms with Gasteiger partial charge in [-0.1, -0.05) is 13.8 Å². The highest BCUT2D eigenvalue weighted by Crippen LogP contribution is 2.20. The zero-order valence-corrected chi connectivity index (χ0v) is 12.9. The second kappa shape index (κ2) is 7.75. The number of hydrogen-bond acceptors (Lipinski definition) is 4. The molecule has 0 radical (unpaired) electrons. The first-order valence-electron chi connectivity index (χ1n) is 7.07. The summed E-state index contributed by atoms with van der Waals surface area (Å²) in [4.78, 5) is 15.7. The van der Waals surface area contributed by atoms with Crippen molar-refractivity contribution in [2.75, 3.05) is 51.3 Å². The van der Waals surface area contributed by atoms with Gasteiger partial charge in [0.05, 0.1) is 11.4 Å². The van der Waals surface area contributed by atoms with Crippen LogP contribution in [0.25, 0.3) is 0 Å². The fourth-order valence-corrected chi connectivity index (χ4v) is 2.00. The number of benzene rings is 1.